The van der Waals surface area contributed by atoms with E-state index in [1.54, 1.807) is 0 Å². The molecule has 142 valence electrons. The van der Waals surface area contributed by atoms with E-state index in [2.05, 4.69) is 16.0 Å². The Bertz CT molecular complexity index is 644. The van der Waals surface area contributed by atoms with Gasteiger partial charge in [-0.05, 0) is 68.6 Å². The third kappa shape index (κ3) is 5.27. The molecule has 1 unspecified atom stereocenters. The Morgan fingerprint density at radius 3 is 2.81 bits per heavy atom. The van der Waals surface area contributed by atoms with Crippen molar-refractivity contribution >= 4 is 17.6 Å². The molecule has 0 spiro atoms. The van der Waals surface area contributed by atoms with E-state index in [0.717, 1.165) is 50.1 Å². The van der Waals surface area contributed by atoms with E-state index in [1.807, 2.05) is 18.2 Å². The lowest BCUT2D eigenvalue weighted by Crippen LogP contribution is -2.34. The van der Waals surface area contributed by atoms with Crippen LogP contribution in [-0.4, -0.2) is 49.3 Å². The van der Waals surface area contributed by atoms with Gasteiger partial charge in [0, 0.05) is 18.2 Å². The first-order chi connectivity index (χ1) is 12.6. The van der Waals surface area contributed by atoms with Crippen molar-refractivity contribution in [3.63, 3.8) is 0 Å². The number of carboxylic acids is 1. The number of amides is 1. The number of carbonyl (C=O) groups excluding carboxylic acids is 1. The van der Waals surface area contributed by atoms with E-state index >= 15 is 0 Å². The average Bonchev–Trinajstić information content (AvgIpc) is 2.65. The highest BCUT2D eigenvalue weighted by molar-refractivity contribution is 5.91. The van der Waals surface area contributed by atoms with Crippen LogP contribution in [0.2, 0.25) is 0 Å². The highest BCUT2D eigenvalue weighted by Gasteiger charge is 2.21. The van der Waals surface area contributed by atoms with Crippen LogP contribution < -0.4 is 16.0 Å². The number of carbonyl (C=O) groups is 2. The maximum absolute atomic E-state index is 12.2. The van der Waals surface area contributed by atoms with E-state index in [-0.39, 0.29) is 31.1 Å². The molecule has 26 heavy (non-hydrogen) atoms. The van der Waals surface area contributed by atoms with Gasteiger partial charge in [-0.2, -0.15) is 0 Å². The SMILES string of the molecule is O=C(O)CCC1NCCc2ccc(NC(=O)COC3CCNCC3)cc21. The maximum atomic E-state index is 12.2. The summed E-state index contributed by atoms with van der Waals surface area (Å²) in [6.07, 6.45) is 3.59. The molecule has 1 aromatic carbocycles. The van der Waals surface area contributed by atoms with Crippen molar-refractivity contribution in [3.8, 4) is 0 Å². The molecule has 1 amide bonds. The summed E-state index contributed by atoms with van der Waals surface area (Å²) < 4.78 is 5.69. The summed E-state index contributed by atoms with van der Waals surface area (Å²) in [5.74, 6) is -0.951. The molecular weight excluding hydrogens is 334 g/mol. The minimum atomic E-state index is -0.793. The van der Waals surface area contributed by atoms with Crippen molar-refractivity contribution < 1.29 is 19.4 Å². The third-order valence-electron chi connectivity index (χ3n) is 4.97. The highest BCUT2D eigenvalue weighted by Crippen LogP contribution is 2.29. The van der Waals surface area contributed by atoms with Gasteiger partial charge in [-0.3, -0.25) is 9.59 Å². The Kier molecular flexibility index (Phi) is 6.60. The van der Waals surface area contributed by atoms with Crippen LogP contribution in [0.1, 0.15) is 42.9 Å². The van der Waals surface area contributed by atoms with Crippen LogP contribution in [-0.2, 0) is 20.7 Å². The van der Waals surface area contributed by atoms with Crippen LogP contribution in [0.4, 0.5) is 5.69 Å². The summed E-state index contributed by atoms with van der Waals surface area (Å²) in [7, 11) is 0. The number of piperidine rings is 1. The molecule has 3 rings (SSSR count). The second-order valence-corrected chi connectivity index (χ2v) is 6.91. The summed E-state index contributed by atoms with van der Waals surface area (Å²) >= 11 is 0. The molecule has 0 bridgehead atoms. The first kappa shape index (κ1) is 18.8. The lowest BCUT2D eigenvalue weighted by molar-refractivity contribution is -0.137. The van der Waals surface area contributed by atoms with Gasteiger partial charge in [-0.15, -0.1) is 0 Å². The van der Waals surface area contributed by atoms with Gasteiger partial charge in [-0.25, -0.2) is 0 Å². The fourth-order valence-corrected chi connectivity index (χ4v) is 3.59. The maximum Gasteiger partial charge on any atom is 0.303 e. The van der Waals surface area contributed by atoms with Crippen molar-refractivity contribution in [1.29, 1.82) is 0 Å². The number of hydrogen-bond donors (Lipinski definition) is 4. The molecule has 1 aromatic rings. The Labute approximate surface area is 153 Å². The van der Waals surface area contributed by atoms with E-state index in [9.17, 15) is 9.59 Å². The number of hydrogen-bond acceptors (Lipinski definition) is 5. The van der Waals surface area contributed by atoms with Crippen LogP contribution in [0.3, 0.4) is 0 Å². The van der Waals surface area contributed by atoms with Crippen molar-refractivity contribution in [1.82, 2.24) is 10.6 Å². The van der Waals surface area contributed by atoms with Gasteiger partial charge in [0.15, 0.2) is 0 Å². The molecule has 2 heterocycles. The normalized spacial score (nSPS) is 20.4. The number of nitrogens with one attached hydrogen (secondary N) is 3. The summed E-state index contributed by atoms with van der Waals surface area (Å²) in [4.78, 5) is 23.0. The summed E-state index contributed by atoms with van der Waals surface area (Å²) in [6, 6.07) is 5.89. The predicted octanol–water partition coefficient (Wildman–Crippen LogP) is 1.45. The van der Waals surface area contributed by atoms with Crippen molar-refractivity contribution in [2.45, 2.75) is 44.2 Å². The van der Waals surface area contributed by atoms with Crippen molar-refractivity contribution in [2.24, 2.45) is 0 Å². The molecule has 1 fully saturated rings. The molecule has 0 radical (unpaired) electrons. The molecule has 1 atom stereocenters. The first-order valence-electron chi connectivity index (χ1n) is 9.32. The lowest BCUT2D eigenvalue weighted by Gasteiger charge is -2.27. The van der Waals surface area contributed by atoms with Gasteiger partial charge in [0.25, 0.3) is 0 Å². The predicted molar refractivity (Wildman–Crippen MR) is 98.2 cm³/mol. The second-order valence-electron chi connectivity index (χ2n) is 6.91. The molecule has 7 nitrogen and oxygen atoms in total. The number of benzene rings is 1. The lowest BCUT2D eigenvalue weighted by atomic mass is 9.91. The smallest absolute Gasteiger partial charge is 0.303 e. The molecule has 7 heteroatoms. The molecule has 0 aliphatic carbocycles. The molecule has 4 N–H and O–H groups in total. The number of aliphatic carboxylic acids is 1. The monoisotopic (exact) mass is 361 g/mol. The van der Waals surface area contributed by atoms with E-state index in [4.69, 9.17) is 9.84 Å². The van der Waals surface area contributed by atoms with Crippen LogP contribution in [0.5, 0.6) is 0 Å². The van der Waals surface area contributed by atoms with Crippen molar-refractivity contribution in [3.05, 3.63) is 29.3 Å². The Hall–Kier alpha value is -1.96. The van der Waals surface area contributed by atoms with E-state index in [1.165, 1.54) is 5.56 Å². The van der Waals surface area contributed by atoms with Gasteiger partial charge < -0.3 is 25.8 Å². The number of fused-ring (bicyclic) bond motifs is 1. The zero-order valence-corrected chi connectivity index (χ0v) is 14.9. The van der Waals surface area contributed by atoms with Crippen LogP contribution >= 0.6 is 0 Å². The zero-order valence-electron chi connectivity index (χ0n) is 14.9. The van der Waals surface area contributed by atoms with Crippen LogP contribution in [0.15, 0.2) is 18.2 Å². The molecule has 1 saturated heterocycles. The zero-order chi connectivity index (χ0) is 18.4. The molecule has 2 aliphatic heterocycles. The van der Waals surface area contributed by atoms with Crippen molar-refractivity contribution in [2.75, 3.05) is 31.6 Å². The van der Waals surface area contributed by atoms with Gasteiger partial charge in [-0.1, -0.05) is 6.07 Å². The molecule has 0 saturated carbocycles. The first-order valence-corrected chi connectivity index (χ1v) is 9.32. The van der Waals surface area contributed by atoms with Gasteiger partial charge in [0.1, 0.15) is 6.61 Å². The largest absolute Gasteiger partial charge is 0.481 e. The van der Waals surface area contributed by atoms with Gasteiger partial charge in [0.2, 0.25) is 5.91 Å². The fraction of sp³-hybridized carbons (Fsp3) is 0.579. The summed E-state index contributed by atoms with van der Waals surface area (Å²) in [5.41, 5.74) is 3.02. The summed E-state index contributed by atoms with van der Waals surface area (Å²) in [5, 5.41) is 18.5. The number of rotatable bonds is 7. The topological polar surface area (TPSA) is 99.7 Å². The second kappa shape index (κ2) is 9.12. The standard InChI is InChI=1S/C19H27N3O4/c23-18(12-26-15-6-8-20-9-7-15)22-14-2-1-13-5-10-21-17(16(13)11-14)3-4-19(24)25/h1-2,11,15,17,20-21H,3-10,12H2,(H,22,23)(H,24,25). The number of carboxylic acid groups (broad SMARTS) is 1. The quantitative estimate of drug-likeness (QED) is 0.587. The van der Waals surface area contributed by atoms with E-state index < -0.39 is 5.97 Å². The van der Waals surface area contributed by atoms with Crippen LogP contribution in [0.25, 0.3) is 0 Å². The Balaban J connectivity index is 1.57. The number of ether oxygens (including phenoxy) is 1. The van der Waals surface area contributed by atoms with Gasteiger partial charge in [0.05, 0.1) is 6.10 Å². The minimum absolute atomic E-state index is 0.0118. The number of anilines is 1. The highest BCUT2D eigenvalue weighted by atomic mass is 16.5. The van der Waals surface area contributed by atoms with Crippen LogP contribution in [0, 0.1) is 0 Å². The molecular formula is C19H27N3O4. The van der Waals surface area contributed by atoms with Gasteiger partial charge >= 0.3 is 5.97 Å². The summed E-state index contributed by atoms with van der Waals surface area (Å²) in [6.45, 7) is 2.76. The Morgan fingerprint density at radius 1 is 1.23 bits per heavy atom. The fourth-order valence-electron chi connectivity index (χ4n) is 3.59. The third-order valence-corrected chi connectivity index (χ3v) is 4.97. The van der Waals surface area contributed by atoms with E-state index in [0.29, 0.717) is 6.42 Å². The molecule has 0 aromatic heterocycles. The Morgan fingerprint density at radius 2 is 2.04 bits per heavy atom. The minimum Gasteiger partial charge on any atom is -0.481 e. The average molecular weight is 361 g/mol. The molecule has 2 aliphatic rings.